The van der Waals surface area contributed by atoms with Crippen LogP contribution in [-0.4, -0.2) is 62.3 Å². The molecule has 0 aromatic carbocycles. The quantitative estimate of drug-likeness (QED) is 0.789. The van der Waals surface area contributed by atoms with Crippen molar-refractivity contribution in [3.63, 3.8) is 0 Å². The normalized spacial score (nSPS) is 26.8. The van der Waals surface area contributed by atoms with E-state index in [4.69, 9.17) is 4.74 Å². The Morgan fingerprint density at radius 3 is 2.48 bits per heavy atom. The lowest BCUT2D eigenvalue weighted by atomic mass is 9.91. The van der Waals surface area contributed by atoms with Crippen LogP contribution >= 0.6 is 24.8 Å². The second kappa shape index (κ2) is 8.34. The van der Waals surface area contributed by atoms with Gasteiger partial charge in [0.25, 0.3) is 0 Å². The molecule has 1 aliphatic carbocycles. The van der Waals surface area contributed by atoms with Gasteiger partial charge in [0.1, 0.15) is 0 Å². The third-order valence-corrected chi connectivity index (χ3v) is 5.67. The molecule has 1 spiro atoms. The number of amides is 1. The van der Waals surface area contributed by atoms with Crippen molar-refractivity contribution in [1.82, 2.24) is 15.5 Å². The van der Waals surface area contributed by atoms with Gasteiger partial charge in [0, 0.05) is 31.1 Å². The first-order valence-corrected chi connectivity index (χ1v) is 8.35. The van der Waals surface area contributed by atoms with Crippen LogP contribution in [0.15, 0.2) is 0 Å². The van der Waals surface area contributed by atoms with E-state index in [-0.39, 0.29) is 42.2 Å². The van der Waals surface area contributed by atoms with Gasteiger partial charge in [-0.15, -0.1) is 24.8 Å². The number of nitrogens with zero attached hydrogens (tertiary/aromatic N) is 1. The fourth-order valence-electron chi connectivity index (χ4n) is 3.90. The number of carbonyl (C=O) groups is 1. The molecule has 3 rings (SSSR count). The highest BCUT2D eigenvalue weighted by molar-refractivity contribution is 5.85. The monoisotopic (exact) mass is 367 g/mol. The zero-order valence-corrected chi connectivity index (χ0v) is 15.9. The Labute approximate surface area is 152 Å². The number of piperidine rings is 1. The van der Waals surface area contributed by atoms with Crippen LogP contribution in [0.3, 0.4) is 0 Å². The Bertz CT molecular complexity index is 395. The average Bonchev–Trinajstić information content (AvgIpc) is 3.20. The maximum Gasteiger partial charge on any atom is 0.223 e. The summed E-state index contributed by atoms with van der Waals surface area (Å²) in [6.07, 6.45) is 3.42. The summed E-state index contributed by atoms with van der Waals surface area (Å²) in [4.78, 5) is 14.9. The predicted molar refractivity (Wildman–Crippen MR) is 96.6 cm³/mol. The Morgan fingerprint density at radius 1 is 1.26 bits per heavy atom. The highest BCUT2D eigenvalue weighted by Crippen LogP contribution is 2.58. The molecule has 0 aromatic heterocycles. The van der Waals surface area contributed by atoms with E-state index in [1.807, 2.05) is 0 Å². The molecule has 0 aromatic rings. The largest absolute Gasteiger partial charge is 0.379 e. The van der Waals surface area contributed by atoms with Gasteiger partial charge >= 0.3 is 0 Å². The molecule has 2 heterocycles. The molecule has 2 aliphatic heterocycles. The summed E-state index contributed by atoms with van der Waals surface area (Å²) < 4.78 is 5.41. The highest BCUT2D eigenvalue weighted by atomic mass is 35.5. The molecule has 1 unspecified atom stereocenters. The lowest BCUT2D eigenvalue weighted by Crippen LogP contribution is -2.55. The van der Waals surface area contributed by atoms with Crippen molar-refractivity contribution in [3.05, 3.63) is 0 Å². The molecule has 2 N–H and O–H groups in total. The van der Waals surface area contributed by atoms with Crippen molar-refractivity contribution in [2.24, 2.45) is 11.3 Å². The molecule has 1 amide bonds. The van der Waals surface area contributed by atoms with E-state index in [0.29, 0.717) is 5.41 Å². The van der Waals surface area contributed by atoms with Gasteiger partial charge in [-0.2, -0.15) is 0 Å². The van der Waals surface area contributed by atoms with Crippen molar-refractivity contribution in [3.8, 4) is 0 Å². The summed E-state index contributed by atoms with van der Waals surface area (Å²) in [6, 6.07) is 0. The van der Waals surface area contributed by atoms with Crippen molar-refractivity contribution >= 4 is 30.7 Å². The van der Waals surface area contributed by atoms with Gasteiger partial charge in [-0.1, -0.05) is 0 Å². The molecule has 0 bridgehead atoms. The van der Waals surface area contributed by atoms with Crippen LogP contribution in [0.25, 0.3) is 0 Å². The second-order valence-electron chi connectivity index (χ2n) is 7.50. The zero-order chi connectivity index (χ0) is 14.9. The second-order valence-corrected chi connectivity index (χ2v) is 7.50. The smallest absolute Gasteiger partial charge is 0.223 e. The van der Waals surface area contributed by atoms with E-state index < -0.39 is 0 Å². The Morgan fingerprint density at radius 2 is 1.87 bits per heavy atom. The SMILES string of the molecule is CC(C)(CNC(=O)C1CC12CCNCC2)N1CCOCC1.Cl.Cl. The van der Waals surface area contributed by atoms with Crippen LogP contribution < -0.4 is 10.6 Å². The molecule has 3 aliphatic rings. The molecule has 7 heteroatoms. The van der Waals surface area contributed by atoms with Gasteiger partial charge in [0.2, 0.25) is 5.91 Å². The van der Waals surface area contributed by atoms with Crippen molar-refractivity contribution in [2.45, 2.75) is 38.6 Å². The summed E-state index contributed by atoms with van der Waals surface area (Å²) in [5.74, 6) is 0.540. The van der Waals surface area contributed by atoms with Gasteiger partial charge in [-0.25, -0.2) is 0 Å². The summed E-state index contributed by atoms with van der Waals surface area (Å²) in [7, 11) is 0. The number of hydrogen-bond acceptors (Lipinski definition) is 4. The number of rotatable bonds is 4. The van der Waals surface area contributed by atoms with Crippen LogP contribution in [0.5, 0.6) is 0 Å². The average molecular weight is 368 g/mol. The van der Waals surface area contributed by atoms with Gasteiger partial charge in [0.05, 0.1) is 13.2 Å². The van der Waals surface area contributed by atoms with Crippen molar-refractivity contribution < 1.29 is 9.53 Å². The minimum absolute atomic E-state index is 0. The first kappa shape index (κ1) is 21.0. The minimum atomic E-state index is 0. The third kappa shape index (κ3) is 4.73. The number of hydrogen-bond donors (Lipinski definition) is 2. The van der Waals surface area contributed by atoms with E-state index in [0.717, 1.165) is 65.2 Å². The van der Waals surface area contributed by atoms with Crippen LogP contribution in [0.1, 0.15) is 33.1 Å². The summed E-state index contributed by atoms with van der Waals surface area (Å²) in [5, 5.41) is 6.60. The van der Waals surface area contributed by atoms with Crippen LogP contribution in [-0.2, 0) is 9.53 Å². The lowest BCUT2D eigenvalue weighted by molar-refractivity contribution is -0.124. The number of nitrogens with one attached hydrogen (secondary N) is 2. The van der Waals surface area contributed by atoms with E-state index >= 15 is 0 Å². The van der Waals surface area contributed by atoms with E-state index in [1.165, 1.54) is 0 Å². The first-order chi connectivity index (χ1) is 10.0. The minimum Gasteiger partial charge on any atom is -0.379 e. The molecular weight excluding hydrogens is 337 g/mol. The molecule has 1 atom stereocenters. The standard InChI is InChI=1S/C16H29N3O2.2ClH/c1-15(2,19-7-9-21-10-8-19)12-18-14(20)13-11-16(13)3-5-17-6-4-16;;/h13,17H,3-12H2,1-2H3,(H,18,20);2*1H. The maximum atomic E-state index is 12.4. The maximum absolute atomic E-state index is 12.4. The summed E-state index contributed by atoms with van der Waals surface area (Å²) >= 11 is 0. The van der Waals surface area contributed by atoms with Gasteiger partial charge < -0.3 is 15.4 Å². The van der Waals surface area contributed by atoms with Crippen molar-refractivity contribution in [1.29, 1.82) is 0 Å². The van der Waals surface area contributed by atoms with E-state index in [1.54, 1.807) is 0 Å². The third-order valence-electron chi connectivity index (χ3n) is 5.67. The predicted octanol–water partition coefficient (Wildman–Crippen LogP) is 1.45. The fraction of sp³-hybridized carbons (Fsp3) is 0.938. The van der Waals surface area contributed by atoms with Crippen LogP contribution in [0.4, 0.5) is 0 Å². The zero-order valence-electron chi connectivity index (χ0n) is 14.2. The Hall–Kier alpha value is -0.0700. The van der Waals surface area contributed by atoms with Gasteiger partial charge in [0.15, 0.2) is 0 Å². The number of morpholine rings is 1. The molecule has 2 saturated heterocycles. The molecule has 1 saturated carbocycles. The molecule has 23 heavy (non-hydrogen) atoms. The molecular formula is C16H31Cl2N3O2. The van der Waals surface area contributed by atoms with Gasteiger partial charge in [-0.05, 0) is 51.6 Å². The van der Waals surface area contributed by atoms with Crippen LogP contribution in [0, 0.1) is 11.3 Å². The number of carbonyl (C=O) groups excluding carboxylic acids is 1. The Balaban J connectivity index is 0.00000132. The summed E-state index contributed by atoms with van der Waals surface area (Å²) in [6.45, 7) is 10.8. The lowest BCUT2D eigenvalue weighted by Gasteiger charge is -2.41. The van der Waals surface area contributed by atoms with Crippen LogP contribution in [0.2, 0.25) is 0 Å². The number of halogens is 2. The highest BCUT2D eigenvalue weighted by Gasteiger charge is 2.57. The van der Waals surface area contributed by atoms with Crippen molar-refractivity contribution in [2.75, 3.05) is 45.9 Å². The van der Waals surface area contributed by atoms with E-state index in [9.17, 15) is 4.79 Å². The van der Waals surface area contributed by atoms with E-state index in [2.05, 4.69) is 29.4 Å². The molecule has 0 radical (unpaired) electrons. The molecule has 136 valence electrons. The number of ether oxygens (including phenoxy) is 1. The topological polar surface area (TPSA) is 53.6 Å². The fourth-order valence-corrected chi connectivity index (χ4v) is 3.90. The summed E-state index contributed by atoms with van der Waals surface area (Å²) in [5.41, 5.74) is 0.341. The Kier molecular flexibility index (Phi) is 7.61. The molecule has 5 nitrogen and oxygen atoms in total. The molecule has 3 fully saturated rings. The van der Waals surface area contributed by atoms with Gasteiger partial charge in [-0.3, -0.25) is 9.69 Å². The first-order valence-electron chi connectivity index (χ1n) is 8.35.